The van der Waals surface area contributed by atoms with Gasteiger partial charge in [-0.2, -0.15) is 0 Å². The van der Waals surface area contributed by atoms with Crippen LogP contribution >= 0.6 is 0 Å². The van der Waals surface area contributed by atoms with Gasteiger partial charge in [0.25, 0.3) is 0 Å². The first-order valence-electron chi connectivity index (χ1n) is 6.31. The van der Waals surface area contributed by atoms with Gasteiger partial charge in [-0.15, -0.1) is 0 Å². The number of hydrogen-bond acceptors (Lipinski definition) is 7. The number of nitrogens with zero attached hydrogens (tertiary/aromatic N) is 3. The normalized spacial score (nSPS) is 11.4. The molecular weight excluding hydrogens is 310 g/mol. The number of rotatable bonds is 5. The molecule has 0 N–H and O–H groups in total. The van der Waals surface area contributed by atoms with Gasteiger partial charge in [0.2, 0.25) is 0 Å². The van der Waals surface area contributed by atoms with Gasteiger partial charge in [-0.1, -0.05) is 11.2 Å². The predicted octanol–water partition coefficient (Wildman–Crippen LogP) is 1.93. The molecular formula is C13H15N3O5S. The molecule has 1 aromatic heterocycles. The largest absolute Gasteiger partial charge is 0.363 e. The van der Waals surface area contributed by atoms with Crippen molar-refractivity contribution in [1.82, 2.24) is 5.16 Å². The molecule has 2 rings (SSSR count). The molecule has 0 unspecified atom stereocenters. The molecule has 0 bridgehead atoms. The van der Waals surface area contributed by atoms with Crippen LogP contribution < -0.4 is 4.90 Å². The first kappa shape index (κ1) is 16.0. The van der Waals surface area contributed by atoms with Crippen molar-refractivity contribution in [3.05, 3.63) is 45.8 Å². The molecule has 0 aliphatic rings. The molecule has 0 aliphatic heterocycles. The number of para-hydroxylation sites is 1. The third-order valence-corrected chi connectivity index (χ3v) is 4.18. The maximum absolute atomic E-state index is 11.7. The van der Waals surface area contributed by atoms with Crippen molar-refractivity contribution in [2.24, 2.45) is 0 Å². The number of benzene rings is 1. The fourth-order valence-electron chi connectivity index (χ4n) is 2.12. The molecule has 0 spiro atoms. The standard InChI is InChI=1S/C13H15N3O5S/c1-9-7-10(14-21-9)8-15(2)11-5-4-6-12(22(3,19)20)13(11)16(17)18/h4-7H,8H2,1-3H3. The highest BCUT2D eigenvalue weighted by atomic mass is 32.2. The molecule has 0 fully saturated rings. The molecule has 0 aliphatic carbocycles. The average molecular weight is 325 g/mol. The van der Waals surface area contributed by atoms with Crippen molar-refractivity contribution in [2.75, 3.05) is 18.2 Å². The number of sulfone groups is 1. The monoisotopic (exact) mass is 325 g/mol. The minimum absolute atomic E-state index is 0.202. The molecule has 9 heteroatoms. The number of nitro groups is 1. The zero-order valence-electron chi connectivity index (χ0n) is 12.3. The molecule has 0 amide bonds. The van der Waals surface area contributed by atoms with Gasteiger partial charge in [-0.25, -0.2) is 8.42 Å². The smallest absolute Gasteiger partial charge is 0.311 e. The van der Waals surface area contributed by atoms with Gasteiger partial charge in [0.15, 0.2) is 9.84 Å². The third-order valence-electron chi connectivity index (χ3n) is 3.05. The maximum atomic E-state index is 11.7. The number of nitro benzene ring substituents is 1. The Labute approximate surface area is 127 Å². The summed E-state index contributed by atoms with van der Waals surface area (Å²) >= 11 is 0. The molecule has 22 heavy (non-hydrogen) atoms. The first-order valence-corrected chi connectivity index (χ1v) is 8.20. The second kappa shape index (κ2) is 5.76. The number of anilines is 1. The van der Waals surface area contributed by atoms with Gasteiger partial charge in [0, 0.05) is 19.4 Å². The van der Waals surface area contributed by atoms with E-state index in [4.69, 9.17) is 4.52 Å². The van der Waals surface area contributed by atoms with Crippen molar-refractivity contribution in [3.8, 4) is 0 Å². The molecule has 0 atom stereocenters. The zero-order chi connectivity index (χ0) is 16.5. The highest BCUT2D eigenvalue weighted by Crippen LogP contribution is 2.34. The molecule has 2 aromatic rings. The van der Waals surface area contributed by atoms with Gasteiger partial charge in [-0.3, -0.25) is 10.1 Å². The Kier molecular flexibility index (Phi) is 4.18. The number of aromatic nitrogens is 1. The Balaban J connectivity index is 2.48. The van der Waals surface area contributed by atoms with E-state index in [-0.39, 0.29) is 17.1 Å². The molecule has 1 heterocycles. The summed E-state index contributed by atoms with van der Waals surface area (Å²) in [5.41, 5.74) is 0.361. The van der Waals surface area contributed by atoms with Crippen LogP contribution in [0.1, 0.15) is 11.5 Å². The van der Waals surface area contributed by atoms with E-state index in [1.54, 1.807) is 24.9 Å². The van der Waals surface area contributed by atoms with Crippen LogP contribution in [0.5, 0.6) is 0 Å². The van der Waals surface area contributed by atoms with E-state index in [0.29, 0.717) is 11.5 Å². The SMILES string of the molecule is Cc1cc(CN(C)c2cccc(S(C)(=O)=O)c2[N+](=O)[O-])no1. The molecule has 118 valence electrons. The maximum Gasteiger partial charge on any atom is 0.311 e. The van der Waals surface area contributed by atoms with Crippen molar-refractivity contribution in [1.29, 1.82) is 0 Å². The van der Waals surface area contributed by atoms with Gasteiger partial charge in [0.05, 0.1) is 11.5 Å². The lowest BCUT2D eigenvalue weighted by molar-refractivity contribution is -0.387. The first-order chi connectivity index (χ1) is 10.2. The predicted molar refractivity (Wildman–Crippen MR) is 79.6 cm³/mol. The van der Waals surface area contributed by atoms with Crippen molar-refractivity contribution in [3.63, 3.8) is 0 Å². The molecule has 0 saturated heterocycles. The topological polar surface area (TPSA) is 107 Å². The van der Waals surface area contributed by atoms with Crippen LogP contribution in [0, 0.1) is 17.0 Å². The fraction of sp³-hybridized carbons (Fsp3) is 0.308. The van der Waals surface area contributed by atoms with E-state index in [0.717, 1.165) is 6.26 Å². The third kappa shape index (κ3) is 3.25. The second-order valence-corrected chi connectivity index (χ2v) is 6.92. The van der Waals surface area contributed by atoms with Crippen LogP contribution in [-0.4, -0.2) is 31.8 Å². The average Bonchev–Trinajstić information content (AvgIpc) is 2.82. The van der Waals surface area contributed by atoms with Gasteiger partial charge < -0.3 is 9.42 Å². The molecule has 0 saturated carbocycles. The lowest BCUT2D eigenvalue weighted by Gasteiger charge is -2.18. The van der Waals surface area contributed by atoms with E-state index in [9.17, 15) is 18.5 Å². The summed E-state index contributed by atoms with van der Waals surface area (Å²) < 4.78 is 28.4. The number of hydrogen-bond donors (Lipinski definition) is 0. The Hall–Kier alpha value is -2.42. The fourth-order valence-corrected chi connectivity index (χ4v) is 2.98. The highest BCUT2D eigenvalue weighted by Gasteiger charge is 2.28. The van der Waals surface area contributed by atoms with Crippen LogP contribution in [0.2, 0.25) is 0 Å². The summed E-state index contributed by atoms with van der Waals surface area (Å²) in [5, 5.41) is 15.2. The van der Waals surface area contributed by atoms with Gasteiger partial charge in [0.1, 0.15) is 22.0 Å². The zero-order valence-corrected chi connectivity index (χ0v) is 13.1. The van der Waals surface area contributed by atoms with Crippen molar-refractivity contribution >= 4 is 21.2 Å². The van der Waals surface area contributed by atoms with Crippen molar-refractivity contribution < 1.29 is 17.9 Å². The minimum Gasteiger partial charge on any atom is -0.363 e. The summed E-state index contributed by atoms with van der Waals surface area (Å²) in [6, 6.07) is 5.91. The van der Waals surface area contributed by atoms with E-state index in [1.165, 1.54) is 18.2 Å². The van der Waals surface area contributed by atoms with E-state index >= 15 is 0 Å². The van der Waals surface area contributed by atoms with Crippen LogP contribution in [0.25, 0.3) is 0 Å². The molecule has 0 radical (unpaired) electrons. The minimum atomic E-state index is -3.71. The lowest BCUT2D eigenvalue weighted by Crippen LogP contribution is -2.19. The van der Waals surface area contributed by atoms with Crippen molar-refractivity contribution in [2.45, 2.75) is 18.4 Å². The van der Waals surface area contributed by atoms with E-state index < -0.39 is 20.4 Å². The summed E-state index contributed by atoms with van der Waals surface area (Å²) in [6.07, 6.45) is 0.945. The Morgan fingerprint density at radius 2 is 2.09 bits per heavy atom. The summed E-state index contributed by atoms with van der Waals surface area (Å²) in [7, 11) is -2.08. The molecule has 1 aromatic carbocycles. The van der Waals surface area contributed by atoms with Crippen LogP contribution in [-0.2, 0) is 16.4 Å². The van der Waals surface area contributed by atoms with E-state index in [1.807, 2.05) is 0 Å². The Bertz CT molecular complexity index is 813. The number of aryl methyl sites for hydroxylation is 1. The summed E-state index contributed by atoms with van der Waals surface area (Å²) in [5.74, 6) is 0.628. The van der Waals surface area contributed by atoms with E-state index in [2.05, 4.69) is 5.16 Å². The van der Waals surface area contributed by atoms with Crippen LogP contribution in [0.15, 0.2) is 33.7 Å². The second-order valence-electron chi connectivity index (χ2n) is 4.94. The van der Waals surface area contributed by atoms with Gasteiger partial charge >= 0.3 is 5.69 Å². The van der Waals surface area contributed by atoms with Crippen LogP contribution in [0.4, 0.5) is 11.4 Å². The Morgan fingerprint density at radius 3 is 2.59 bits per heavy atom. The quantitative estimate of drug-likeness (QED) is 0.610. The lowest BCUT2D eigenvalue weighted by atomic mass is 10.2. The Morgan fingerprint density at radius 1 is 1.41 bits per heavy atom. The highest BCUT2D eigenvalue weighted by molar-refractivity contribution is 7.90. The summed E-state index contributed by atoms with van der Waals surface area (Å²) in [4.78, 5) is 11.9. The summed E-state index contributed by atoms with van der Waals surface area (Å²) in [6.45, 7) is 1.99. The van der Waals surface area contributed by atoms with Crippen LogP contribution in [0.3, 0.4) is 0 Å². The van der Waals surface area contributed by atoms with Gasteiger partial charge in [-0.05, 0) is 19.1 Å². The molecule has 8 nitrogen and oxygen atoms in total.